The minimum absolute atomic E-state index is 0.358. The summed E-state index contributed by atoms with van der Waals surface area (Å²) in [7, 11) is 1.84. The number of nitrogens with zero attached hydrogens (tertiary/aromatic N) is 3. The molecule has 0 aliphatic heterocycles. The van der Waals surface area contributed by atoms with Crippen LogP contribution in [0.4, 0.5) is 0 Å². The predicted octanol–water partition coefficient (Wildman–Crippen LogP) is 8.42. The zero-order valence-corrected chi connectivity index (χ0v) is 20.6. The normalized spacial score (nSPS) is 15.8. The SMILES string of the molecule is C/N=C/C1C=CC(c2c3ccccc3c(-c3ccnc4c3ccc3cccnc34)c3ccccc23)=CC1. The highest BCUT2D eigenvalue weighted by molar-refractivity contribution is 6.22. The van der Waals surface area contributed by atoms with Crippen LogP contribution in [0.15, 0.2) is 114 Å². The van der Waals surface area contributed by atoms with Crippen molar-refractivity contribution >= 4 is 55.1 Å². The topological polar surface area (TPSA) is 38.1 Å². The first kappa shape index (κ1) is 21.6. The first-order chi connectivity index (χ1) is 18.3. The van der Waals surface area contributed by atoms with Crippen LogP contribution in [0.25, 0.3) is 60.1 Å². The fourth-order valence-electron chi connectivity index (χ4n) is 5.83. The van der Waals surface area contributed by atoms with Crippen LogP contribution >= 0.6 is 0 Å². The van der Waals surface area contributed by atoms with E-state index in [0.29, 0.717) is 5.92 Å². The van der Waals surface area contributed by atoms with Crippen LogP contribution in [-0.2, 0) is 0 Å². The minimum Gasteiger partial charge on any atom is -0.300 e. The fourth-order valence-corrected chi connectivity index (χ4v) is 5.83. The lowest BCUT2D eigenvalue weighted by molar-refractivity contribution is 0.889. The molecule has 0 fully saturated rings. The van der Waals surface area contributed by atoms with E-state index in [1.165, 1.54) is 43.8 Å². The molecule has 1 aliphatic carbocycles. The molecule has 7 rings (SSSR count). The first-order valence-corrected chi connectivity index (χ1v) is 12.7. The second-order valence-corrected chi connectivity index (χ2v) is 9.56. The molecule has 1 unspecified atom stereocenters. The van der Waals surface area contributed by atoms with Crippen LogP contribution in [0.1, 0.15) is 12.0 Å². The van der Waals surface area contributed by atoms with Crippen molar-refractivity contribution in [3.8, 4) is 11.1 Å². The number of hydrogen-bond donors (Lipinski definition) is 0. The molecule has 0 radical (unpaired) electrons. The monoisotopic (exact) mass is 475 g/mol. The van der Waals surface area contributed by atoms with Crippen molar-refractivity contribution in [2.24, 2.45) is 10.9 Å². The highest BCUT2D eigenvalue weighted by Crippen LogP contribution is 2.44. The average Bonchev–Trinajstić information content (AvgIpc) is 2.96. The average molecular weight is 476 g/mol. The molecule has 3 heteroatoms. The van der Waals surface area contributed by atoms with Crippen LogP contribution in [0, 0.1) is 5.92 Å². The van der Waals surface area contributed by atoms with E-state index in [0.717, 1.165) is 28.2 Å². The van der Waals surface area contributed by atoms with Crippen LogP contribution in [0.5, 0.6) is 0 Å². The summed E-state index contributed by atoms with van der Waals surface area (Å²) in [4.78, 5) is 13.7. The molecule has 2 aromatic heterocycles. The van der Waals surface area contributed by atoms with Crippen LogP contribution < -0.4 is 0 Å². The van der Waals surface area contributed by atoms with Gasteiger partial charge in [-0.05, 0) is 62.4 Å². The Bertz CT molecular complexity index is 1870. The van der Waals surface area contributed by atoms with Crippen molar-refractivity contribution in [3.63, 3.8) is 0 Å². The van der Waals surface area contributed by atoms with Crippen molar-refractivity contribution < 1.29 is 0 Å². The van der Waals surface area contributed by atoms with Crippen molar-refractivity contribution in [1.29, 1.82) is 0 Å². The maximum absolute atomic E-state index is 4.78. The standard InChI is InChI=1S/C34H25N3/c1-35-21-22-12-14-23(15-13-22)31-25-8-2-4-10-27(25)32(28-11-5-3-9-26(28)31)29-18-20-37-34-30(29)17-16-24-7-6-19-36-33(24)34/h2-12,14-22H,13H2,1H3/b35-21+. The largest absolute Gasteiger partial charge is 0.300 e. The van der Waals surface area contributed by atoms with Crippen LogP contribution in [-0.4, -0.2) is 23.2 Å². The van der Waals surface area contributed by atoms with E-state index in [1.807, 2.05) is 31.7 Å². The Hall–Kier alpha value is -4.63. The second-order valence-electron chi connectivity index (χ2n) is 9.56. The number of rotatable bonds is 3. The third-order valence-electron chi connectivity index (χ3n) is 7.45. The summed E-state index contributed by atoms with van der Waals surface area (Å²) < 4.78 is 0. The summed E-state index contributed by atoms with van der Waals surface area (Å²) in [6.07, 6.45) is 13.7. The Morgan fingerprint density at radius 3 is 2.08 bits per heavy atom. The quantitative estimate of drug-likeness (QED) is 0.146. The molecule has 1 atom stereocenters. The van der Waals surface area contributed by atoms with Crippen LogP contribution in [0.2, 0.25) is 0 Å². The Morgan fingerprint density at radius 1 is 0.703 bits per heavy atom. The molecule has 0 bridgehead atoms. The van der Waals surface area contributed by atoms with Gasteiger partial charge in [-0.15, -0.1) is 0 Å². The molecular formula is C34H25N3. The lowest BCUT2D eigenvalue weighted by Gasteiger charge is -2.20. The van der Waals surface area contributed by atoms with Gasteiger partial charge in [0, 0.05) is 42.3 Å². The van der Waals surface area contributed by atoms with Gasteiger partial charge in [0.25, 0.3) is 0 Å². The lowest BCUT2D eigenvalue weighted by Crippen LogP contribution is -2.02. The van der Waals surface area contributed by atoms with Crippen molar-refractivity contribution in [2.45, 2.75) is 6.42 Å². The number of aromatic nitrogens is 2. The highest BCUT2D eigenvalue weighted by Gasteiger charge is 2.20. The number of benzene rings is 4. The van der Waals surface area contributed by atoms with Crippen molar-refractivity contribution in [2.75, 3.05) is 7.05 Å². The first-order valence-electron chi connectivity index (χ1n) is 12.7. The summed E-state index contributed by atoms with van der Waals surface area (Å²) in [5, 5.41) is 7.24. The Kier molecular flexibility index (Phi) is 5.14. The minimum atomic E-state index is 0.358. The van der Waals surface area contributed by atoms with Crippen molar-refractivity contribution in [1.82, 2.24) is 9.97 Å². The number of hydrogen-bond acceptors (Lipinski definition) is 3. The maximum Gasteiger partial charge on any atom is 0.0970 e. The predicted molar refractivity (Wildman–Crippen MR) is 157 cm³/mol. The van der Waals surface area contributed by atoms with Crippen molar-refractivity contribution in [3.05, 3.63) is 115 Å². The van der Waals surface area contributed by atoms with Gasteiger partial charge in [0.1, 0.15) is 0 Å². The van der Waals surface area contributed by atoms with Gasteiger partial charge >= 0.3 is 0 Å². The van der Waals surface area contributed by atoms with Gasteiger partial charge in [0.05, 0.1) is 11.0 Å². The van der Waals surface area contributed by atoms with Crippen LogP contribution in [0.3, 0.4) is 0 Å². The lowest BCUT2D eigenvalue weighted by atomic mass is 9.83. The molecule has 4 aromatic carbocycles. The third kappa shape index (κ3) is 3.47. The van der Waals surface area contributed by atoms with E-state index >= 15 is 0 Å². The molecule has 0 N–H and O–H groups in total. The number of aliphatic imine (C=N–C) groups is 1. The molecule has 1 aliphatic rings. The summed E-state index contributed by atoms with van der Waals surface area (Å²) in [6, 6.07) is 28.2. The molecular weight excluding hydrogens is 450 g/mol. The van der Waals surface area contributed by atoms with E-state index in [1.54, 1.807) is 0 Å². The van der Waals surface area contributed by atoms with E-state index in [9.17, 15) is 0 Å². The Morgan fingerprint density at radius 2 is 1.41 bits per heavy atom. The molecule has 2 heterocycles. The molecule has 0 amide bonds. The molecule has 176 valence electrons. The highest BCUT2D eigenvalue weighted by atomic mass is 14.7. The van der Waals surface area contributed by atoms with Gasteiger partial charge in [0.15, 0.2) is 0 Å². The smallest absolute Gasteiger partial charge is 0.0970 e. The summed E-state index contributed by atoms with van der Waals surface area (Å²) in [6.45, 7) is 0. The fraction of sp³-hybridized carbons (Fsp3) is 0.0882. The van der Waals surface area contributed by atoms with Gasteiger partial charge in [-0.2, -0.15) is 0 Å². The van der Waals surface area contributed by atoms with Gasteiger partial charge in [-0.25, -0.2) is 0 Å². The molecule has 0 saturated heterocycles. The Balaban J connectivity index is 1.57. The second kappa shape index (κ2) is 8.79. The maximum atomic E-state index is 4.78. The van der Waals surface area contributed by atoms with Gasteiger partial charge in [-0.1, -0.05) is 85.0 Å². The summed E-state index contributed by atoms with van der Waals surface area (Å²) in [5.74, 6) is 0.358. The number of fused-ring (bicyclic) bond motifs is 5. The number of allylic oxidation sites excluding steroid dienone is 4. The van der Waals surface area contributed by atoms with E-state index in [-0.39, 0.29) is 0 Å². The molecule has 0 spiro atoms. The van der Waals surface area contributed by atoms with Gasteiger partial charge in [0.2, 0.25) is 0 Å². The van der Waals surface area contributed by atoms with E-state index in [4.69, 9.17) is 4.98 Å². The zero-order valence-electron chi connectivity index (χ0n) is 20.6. The summed E-state index contributed by atoms with van der Waals surface area (Å²) >= 11 is 0. The van der Waals surface area contributed by atoms with Gasteiger partial charge < -0.3 is 4.99 Å². The third-order valence-corrected chi connectivity index (χ3v) is 7.45. The molecule has 3 nitrogen and oxygen atoms in total. The van der Waals surface area contributed by atoms with E-state index < -0.39 is 0 Å². The van der Waals surface area contributed by atoms with E-state index in [2.05, 4.69) is 101 Å². The molecule has 0 saturated carbocycles. The Labute approximate surface area is 215 Å². The summed E-state index contributed by atoms with van der Waals surface area (Å²) in [5.41, 5.74) is 6.88. The number of pyridine rings is 2. The molecule has 37 heavy (non-hydrogen) atoms. The molecule has 6 aromatic rings. The van der Waals surface area contributed by atoms with Gasteiger partial charge in [-0.3, -0.25) is 9.97 Å². The zero-order chi connectivity index (χ0) is 24.8.